The maximum atomic E-state index is 10.9. The summed E-state index contributed by atoms with van der Waals surface area (Å²) in [4.78, 5) is 23.5. The van der Waals surface area contributed by atoms with Gasteiger partial charge in [0.2, 0.25) is 5.95 Å². The van der Waals surface area contributed by atoms with Gasteiger partial charge >= 0.3 is 5.97 Å². The fraction of sp³-hybridized carbons (Fsp3) is 0.200. The van der Waals surface area contributed by atoms with Crippen LogP contribution in [0.2, 0.25) is 0 Å². The van der Waals surface area contributed by atoms with Crippen LogP contribution < -0.4 is 15.2 Å². The molecule has 9 nitrogen and oxygen atoms in total. The zero-order valence-corrected chi connectivity index (χ0v) is 16.6. The van der Waals surface area contributed by atoms with Crippen molar-refractivity contribution in [1.82, 2.24) is 9.97 Å². The second-order valence-electron chi connectivity index (χ2n) is 6.65. The summed E-state index contributed by atoms with van der Waals surface area (Å²) < 4.78 is 5.75. The predicted octanol–water partition coefficient (Wildman–Crippen LogP) is 3.01. The Morgan fingerprint density at radius 2 is 1.79 bits per heavy atom. The maximum absolute atomic E-state index is 10.9. The zero-order chi connectivity index (χ0) is 21.0. The first-order chi connectivity index (χ1) is 13.8. The Kier molecular flexibility index (Phi) is 5.77. The lowest BCUT2D eigenvalue weighted by molar-refractivity contribution is 0.0697. The van der Waals surface area contributed by atoms with Gasteiger partial charge in [-0.2, -0.15) is 15.1 Å². The van der Waals surface area contributed by atoms with Gasteiger partial charge < -0.3 is 19.3 Å². The number of carbonyl (C=O) groups is 1. The van der Waals surface area contributed by atoms with Crippen molar-refractivity contribution < 1.29 is 14.3 Å². The molecular formula is C20H22N6O3. The topological polar surface area (TPSA) is 107 Å². The number of carboxylic acids is 1. The normalized spacial score (nSPS) is 10.9. The van der Waals surface area contributed by atoms with E-state index in [2.05, 4.69) is 20.5 Å². The number of aromatic carboxylic acids is 1. The monoisotopic (exact) mass is 394 g/mol. The van der Waals surface area contributed by atoms with E-state index in [9.17, 15) is 4.79 Å². The number of hydrogen-bond donors (Lipinski definition) is 2. The standard InChI is InChI=1S/C20H22N6O3/c1-25(2)18-11-17(22-20(23-18)26(3)4)24-21-12-15-9-10-16(29-15)13-5-7-14(8-6-13)19(27)28/h5-12H,1-4H3,(H,27,28)(H,22,23,24)/b21-12-. The van der Waals surface area contributed by atoms with Crippen molar-refractivity contribution in [2.75, 3.05) is 43.4 Å². The van der Waals surface area contributed by atoms with Crippen molar-refractivity contribution in [1.29, 1.82) is 0 Å². The average molecular weight is 394 g/mol. The number of anilines is 3. The van der Waals surface area contributed by atoms with E-state index in [1.165, 1.54) is 12.1 Å². The molecule has 2 N–H and O–H groups in total. The number of nitrogens with zero attached hydrogens (tertiary/aromatic N) is 5. The summed E-state index contributed by atoms with van der Waals surface area (Å²) in [6.07, 6.45) is 1.54. The van der Waals surface area contributed by atoms with E-state index in [0.717, 1.165) is 11.4 Å². The molecule has 0 spiro atoms. The van der Waals surface area contributed by atoms with Crippen molar-refractivity contribution in [2.24, 2.45) is 5.10 Å². The molecule has 0 aliphatic heterocycles. The van der Waals surface area contributed by atoms with Crippen LogP contribution in [-0.4, -0.2) is 55.4 Å². The smallest absolute Gasteiger partial charge is 0.335 e. The van der Waals surface area contributed by atoms with E-state index >= 15 is 0 Å². The molecule has 29 heavy (non-hydrogen) atoms. The number of benzene rings is 1. The molecule has 150 valence electrons. The molecule has 3 aromatic rings. The molecule has 9 heteroatoms. The first kappa shape index (κ1) is 19.9. The Bertz CT molecular complexity index is 999. The third-order valence-electron chi connectivity index (χ3n) is 3.97. The SMILES string of the molecule is CN(C)c1cc(N/N=C\c2ccc(-c3ccc(C(=O)O)cc3)o2)nc(N(C)C)n1. The molecule has 0 aliphatic rings. The lowest BCUT2D eigenvalue weighted by atomic mass is 10.1. The van der Waals surface area contributed by atoms with Gasteiger partial charge in [-0.1, -0.05) is 12.1 Å². The lowest BCUT2D eigenvalue weighted by Gasteiger charge is -2.16. The number of rotatable bonds is 7. The molecule has 2 aromatic heterocycles. The molecule has 0 fully saturated rings. The van der Waals surface area contributed by atoms with Gasteiger partial charge in [-0.3, -0.25) is 5.43 Å². The van der Waals surface area contributed by atoms with Crippen molar-refractivity contribution >= 4 is 29.8 Å². The van der Waals surface area contributed by atoms with Crippen molar-refractivity contribution in [3.63, 3.8) is 0 Å². The maximum Gasteiger partial charge on any atom is 0.335 e. The molecule has 0 unspecified atom stereocenters. The molecule has 0 saturated heterocycles. The van der Waals surface area contributed by atoms with E-state index in [-0.39, 0.29) is 5.56 Å². The minimum atomic E-state index is -0.963. The van der Waals surface area contributed by atoms with Gasteiger partial charge in [-0.05, 0) is 24.3 Å². The van der Waals surface area contributed by atoms with Gasteiger partial charge in [0.05, 0.1) is 11.8 Å². The molecule has 3 rings (SSSR count). The van der Waals surface area contributed by atoms with Gasteiger partial charge in [0.15, 0.2) is 5.82 Å². The number of aromatic nitrogens is 2. The Morgan fingerprint density at radius 1 is 1.07 bits per heavy atom. The quantitative estimate of drug-likeness (QED) is 0.465. The second kappa shape index (κ2) is 8.42. The summed E-state index contributed by atoms with van der Waals surface area (Å²) in [5, 5.41) is 13.2. The number of hydrazone groups is 1. The molecule has 1 aromatic carbocycles. The summed E-state index contributed by atoms with van der Waals surface area (Å²) >= 11 is 0. The predicted molar refractivity (Wildman–Crippen MR) is 113 cm³/mol. The van der Waals surface area contributed by atoms with E-state index in [1.54, 1.807) is 36.5 Å². The van der Waals surface area contributed by atoms with Crippen LogP contribution in [0.5, 0.6) is 0 Å². The lowest BCUT2D eigenvalue weighted by Crippen LogP contribution is -2.17. The van der Waals surface area contributed by atoms with Gasteiger partial charge in [-0.25, -0.2) is 4.79 Å². The summed E-state index contributed by atoms with van der Waals surface area (Å²) in [5.41, 5.74) is 3.90. The van der Waals surface area contributed by atoms with Crippen LogP contribution in [0.3, 0.4) is 0 Å². The highest BCUT2D eigenvalue weighted by molar-refractivity contribution is 5.88. The Balaban J connectivity index is 1.72. The third-order valence-corrected chi connectivity index (χ3v) is 3.97. The Hall–Kier alpha value is -3.88. The first-order valence-electron chi connectivity index (χ1n) is 8.80. The van der Waals surface area contributed by atoms with Crippen LogP contribution >= 0.6 is 0 Å². The minimum absolute atomic E-state index is 0.227. The molecule has 0 aliphatic carbocycles. The van der Waals surface area contributed by atoms with Crippen LogP contribution in [0.25, 0.3) is 11.3 Å². The van der Waals surface area contributed by atoms with E-state index in [0.29, 0.717) is 23.3 Å². The van der Waals surface area contributed by atoms with Crippen molar-refractivity contribution in [3.05, 3.63) is 53.8 Å². The van der Waals surface area contributed by atoms with Crippen LogP contribution in [0.4, 0.5) is 17.6 Å². The second-order valence-corrected chi connectivity index (χ2v) is 6.65. The number of carboxylic acid groups (broad SMARTS) is 1. The Labute approximate surface area is 168 Å². The molecule has 0 amide bonds. The number of hydrogen-bond acceptors (Lipinski definition) is 8. The summed E-state index contributed by atoms with van der Waals surface area (Å²) in [7, 11) is 7.55. The van der Waals surface area contributed by atoms with Crippen LogP contribution in [0, 0.1) is 0 Å². The molecule has 0 radical (unpaired) electrons. The van der Waals surface area contributed by atoms with E-state index in [4.69, 9.17) is 9.52 Å². The highest BCUT2D eigenvalue weighted by atomic mass is 16.4. The summed E-state index contributed by atoms with van der Waals surface area (Å²) in [6.45, 7) is 0. The molecule has 2 heterocycles. The zero-order valence-electron chi connectivity index (χ0n) is 16.6. The van der Waals surface area contributed by atoms with Crippen molar-refractivity contribution in [3.8, 4) is 11.3 Å². The highest BCUT2D eigenvalue weighted by Crippen LogP contribution is 2.22. The Morgan fingerprint density at radius 3 is 2.41 bits per heavy atom. The van der Waals surface area contributed by atoms with Gasteiger partial charge in [0, 0.05) is 39.8 Å². The minimum Gasteiger partial charge on any atom is -0.478 e. The number of furan rings is 1. The van der Waals surface area contributed by atoms with Gasteiger partial charge in [0.25, 0.3) is 0 Å². The van der Waals surface area contributed by atoms with Gasteiger partial charge in [-0.15, -0.1) is 0 Å². The third kappa shape index (κ3) is 4.89. The molecular weight excluding hydrogens is 372 g/mol. The van der Waals surface area contributed by atoms with E-state index in [1.807, 2.05) is 38.0 Å². The summed E-state index contributed by atoms with van der Waals surface area (Å²) in [6, 6.07) is 11.9. The molecule has 0 atom stereocenters. The van der Waals surface area contributed by atoms with Gasteiger partial charge in [0.1, 0.15) is 17.3 Å². The number of nitrogens with one attached hydrogen (secondary N) is 1. The summed E-state index contributed by atoms with van der Waals surface area (Å²) in [5.74, 6) is 2.08. The van der Waals surface area contributed by atoms with Crippen LogP contribution in [0.1, 0.15) is 16.1 Å². The molecule has 0 bridgehead atoms. The van der Waals surface area contributed by atoms with E-state index < -0.39 is 5.97 Å². The van der Waals surface area contributed by atoms with Crippen molar-refractivity contribution in [2.45, 2.75) is 0 Å². The first-order valence-corrected chi connectivity index (χ1v) is 8.80. The fourth-order valence-corrected chi connectivity index (χ4v) is 2.42. The largest absolute Gasteiger partial charge is 0.478 e. The highest BCUT2D eigenvalue weighted by Gasteiger charge is 2.08. The molecule has 0 saturated carbocycles. The van der Waals surface area contributed by atoms with Crippen LogP contribution in [-0.2, 0) is 0 Å². The van der Waals surface area contributed by atoms with Crippen LogP contribution in [0.15, 0.2) is 52.0 Å². The average Bonchev–Trinajstić information content (AvgIpc) is 3.16. The fourth-order valence-electron chi connectivity index (χ4n) is 2.42.